The molecule has 3 heteroatoms. The van der Waals surface area contributed by atoms with Crippen LogP contribution in [0.15, 0.2) is 30.5 Å². The summed E-state index contributed by atoms with van der Waals surface area (Å²) in [4.78, 5) is 0. The van der Waals surface area contributed by atoms with Gasteiger partial charge in [0.05, 0.1) is 5.52 Å². The van der Waals surface area contributed by atoms with Crippen molar-refractivity contribution in [3.8, 4) is 0 Å². The molecule has 0 saturated heterocycles. The summed E-state index contributed by atoms with van der Waals surface area (Å²) in [5.41, 5.74) is 13.8. The molecule has 0 aliphatic rings. The van der Waals surface area contributed by atoms with Crippen LogP contribution < -0.4 is 11.5 Å². The van der Waals surface area contributed by atoms with E-state index in [4.69, 9.17) is 11.5 Å². The Bertz CT molecular complexity index is 445. The van der Waals surface area contributed by atoms with Gasteiger partial charge in [0.1, 0.15) is 0 Å². The molecule has 0 aliphatic heterocycles. The zero-order chi connectivity index (χ0) is 10.1. The van der Waals surface area contributed by atoms with Crippen molar-refractivity contribution in [2.24, 2.45) is 18.5 Å². The number of benzene rings is 1. The molecular formula is C11H15N3. The van der Waals surface area contributed by atoms with Gasteiger partial charge in [-0.1, -0.05) is 18.2 Å². The van der Waals surface area contributed by atoms with E-state index < -0.39 is 0 Å². The van der Waals surface area contributed by atoms with Crippen LogP contribution in [0.5, 0.6) is 0 Å². The van der Waals surface area contributed by atoms with Crippen LogP contribution in [0.2, 0.25) is 0 Å². The predicted molar refractivity (Wildman–Crippen MR) is 58.9 cm³/mol. The van der Waals surface area contributed by atoms with Gasteiger partial charge in [-0.05, 0) is 17.0 Å². The first kappa shape index (κ1) is 9.24. The maximum absolute atomic E-state index is 5.95. The number of hydrogen-bond acceptors (Lipinski definition) is 2. The Morgan fingerprint density at radius 3 is 2.86 bits per heavy atom. The Balaban J connectivity index is 2.69. The summed E-state index contributed by atoms with van der Waals surface area (Å²) in [5.74, 6) is 0. The summed E-state index contributed by atoms with van der Waals surface area (Å²) in [5, 5.41) is 1.22. The molecule has 1 atom stereocenters. The van der Waals surface area contributed by atoms with Crippen LogP contribution in [0.3, 0.4) is 0 Å². The molecule has 14 heavy (non-hydrogen) atoms. The standard InChI is InChI=1S/C11H15N3/c1-14-6-5-8-3-2-4-9(11(8)14)10(13)7-12/h2-6,10H,7,12-13H2,1H3. The minimum Gasteiger partial charge on any atom is -0.350 e. The number of aryl methyl sites for hydroxylation is 1. The van der Waals surface area contributed by atoms with Crippen molar-refractivity contribution in [2.45, 2.75) is 6.04 Å². The summed E-state index contributed by atoms with van der Waals surface area (Å²) in [6.07, 6.45) is 2.04. The van der Waals surface area contributed by atoms with Crippen LogP contribution in [0.25, 0.3) is 10.9 Å². The molecule has 3 nitrogen and oxygen atoms in total. The van der Waals surface area contributed by atoms with Crippen molar-refractivity contribution in [3.63, 3.8) is 0 Å². The molecule has 0 fully saturated rings. The summed E-state index contributed by atoms with van der Waals surface area (Å²) in [7, 11) is 2.02. The van der Waals surface area contributed by atoms with Crippen LogP contribution in [0, 0.1) is 0 Å². The number of aromatic nitrogens is 1. The number of hydrogen-bond donors (Lipinski definition) is 2. The molecule has 0 radical (unpaired) electrons. The molecular weight excluding hydrogens is 174 g/mol. The van der Waals surface area contributed by atoms with Crippen LogP contribution in [-0.4, -0.2) is 11.1 Å². The second-order valence-corrected chi connectivity index (χ2v) is 3.55. The quantitative estimate of drug-likeness (QED) is 0.744. The third-order valence-electron chi connectivity index (χ3n) is 2.58. The van der Waals surface area contributed by atoms with Crippen LogP contribution in [0.1, 0.15) is 11.6 Å². The minimum atomic E-state index is -0.0766. The molecule has 0 amide bonds. The van der Waals surface area contributed by atoms with E-state index in [0.29, 0.717) is 6.54 Å². The van der Waals surface area contributed by atoms with Gasteiger partial charge >= 0.3 is 0 Å². The number of para-hydroxylation sites is 1. The lowest BCUT2D eigenvalue weighted by Crippen LogP contribution is -2.21. The molecule has 4 N–H and O–H groups in total. The number of rotatable bonds is 2. The first-order valence-corrected chi connectivity index (χ1v) is 4.73. The minimum absolute atomic E-state index is 0.0766. The first-order chi connectivity index (χ1) is 6.74. The summed E-state index contributed by atoms with van der Waals surface area (Å²) in [6.45, 7) is 0.476. The van der Waals surface area contributed by atoms with Crippen molar-refractivity contribution in [1.29, 1.82) is 0 Å². The van der Waals surface area contributed by atoms with Gasteiger partial charge in [0.2, 0.25) is 0 Å². The fourth-order valence-corrected chi connectivity index (χ4v) is 1.81. The van der Waals surface area contributed by atoms with Gasteiger partial charge in [0, 0.05) is 25.8 Å². The lowest BCUT2D eigenvalue weighted by atomic mass is 10.0. The van der Waals surface area contributed by atoms with E-state index >= 15 is 0 Å². The van der Waals surface area contributed by atoms with Gasteiger partial charge in [-0.2, -0.15) is 0 Å². The Labute approximate surface area is 83.3 Å². The fraction of sp³-hybridized carbons (Fsp3) is 0.273. The summed E-state index contributed by atoms with van der Waals surface area (Å²) >= 11 is 0. The maximum atomic E-state index is 5.95. The van der Waals surface area contributed by atoms with Gasteiger partial charge in [-0.25, -0.2) is 0 Å². The highest BCUT2D eigenvalue weighted by molar-refractivity contribution is 5.83. The Morgan fingerprint density at radius 1 is 1.36 bits per heavy atom. The first-order valence-electron chi connectivity index (χ1n) is 4.73. The van der Waals surface area contributed by atoms with Gasteiger partial charge < -0.3 is 16.0 Å². The number of fused-ring (bicyclic) bond motifs is 1. The van der Waals surface area contributed by atoms with Crippen molar-refractivity contribution >= 4 is 10.9 Å². The molecule has 74 valence electrons. The van der Waals surface area contributed by atoms with Crippen molar-refractivity contribution < 1.29 is 0 Å². The van der Waals surface area contributed by atoms with Crippen molar-refractivity contribution in [3.05, 3.63) is 36.0 Å². The third-order valence-corrected chi connectivity index (χ3v) is 2.58. The highest BCUT2D eigenvalue weighted by Gasteiger charge is 2.09. The normalized spacial score (nSPS) is 13.4. The zero-order valence-corrected chi connectivity index (χ0v) is 8.27. The Hall–Kier alpha value is -1.32. The second-order valence-electron chi connectivity index (χ2n) is 3.55. The van der Waals surface area contributed by atoms with Gasteiger partial charge in [-0.3, -0.25) is 0 Å². The van der Waals surface area contributed by atoms with Crippen molar-refractivity contribution in [1.82, 2.24) is 4.57 Å². The van der Waals surface area contributed by atoms with Gasteiger partial charge in [0.25, 0.3) is 0 Å². The van der Waals surface area contributed by atoms with E-state index in [0.717, 1.165) is 5.56 Å². The smallest absolute Gasteiger partial charge is 0.0526 e. The topological polar surface area (TPSA) is 57.0 Å². The molecule has 0 aliphatic carbocycles. The molecule has 1 aromatic heterocycles. The van der Waals surface area contributed by atoms with Gasteiger partial charge in [-0.15, -0.1) is 0 Å². The molecule has 0 bridgehead atoms. The molecule has 1 heterocycles. The van der Waals surface area contributed by atoms with Crippen molar-refractivity contribution in [2.75, 3.05) is 6.54 Å². The predicted octanol–water partition coefficient (Wildman–Crippen LogP) is 1.14. The maximum Gasteiger partial charge on any atom is 0.0526 e. The van der Waals surface area contributed by atoms with E-state index in [1.54, 1.807) is 0 Å². The lowest BCUT2D eigenvalue weighted by Gasteiger charge is -2.11. The van der Waals surface area contributed by atoms with E-state index in [-0.39, 0.29) is 6.04 Å². The number of nitrogens with two attached hydrogens (primary N) is 2. The highest BCUT2D eigenvalue weighted by Crippen LogP contribution is 2.22. The Kier molecular flexibility index (Phi) is 2.27. The average molecular weight is 189 g/mol. The van der Waals surface area contributed by atoms with Crippen LogP contribution in [-0.2, 0) is 7.05 Å². The Morgan fingerprint density at radius 2 is 2.14 bits per heavy atom. The average Bonchev–Trinajstić information content (AvgIpc) is 2.59. The fourth-order valence-electron chi connectivity index (χ4n) is 1.81. The second kappa shape index (κ2) is 3.44. The highest BCUT2D eigenvalue weighted by atomic mass is 14.9. The number of nitrogens with zero attached hydrogens (tertiary/aromatic N) is 1. The molecule has 1 unspecified atom stereocenters. The van der Waals surface area contributed by atoms with Crippen LogP contribution >= 0.6 is 0 Å². The van der Waals surface area contributed by atoms with E-state index in [9.17, 15) is 0 Å². The largest absolute Gasteiger partial charge is 0.350 e. The molecule has 1 aromatic carbocycles. The molecule has 0 spiro atoms. The zero-order valence-electron chi connectivity index (χ0n) is 8.27. The van der Waals surface area contributed by atoms with E-state index in [1.807, 2.05) is 25.4 Å². The van der Waals surface area contributed by atoms with Crippen LogP contribution in [0.4, 0.5) is 0 Å². The van der Waals surface area contributed by atoms with Gasteiger partial charge in [0.15, 0.2) is 0 Å². The van der Waals surface area contributed by atoms with E-state index in [1.165, 1.54) is 10.9 Å². The summed E-state index contributed by atoms with van der Waals surface area (Å²) < 4.78 is 2.08. The molecule has 2 aromatic rings. The molecule has 0 saturated carbocycles. The SMILES string of the molecule is Cn1ccc2cccc(C(N)CN)c21. The monoisotopic (exact) mass is 189 g/mol. The van der Waals surface area contributed by atoms with E-state index in [2.05, 4.69) is 16.7 Å². The summed E-state index contributed by atoms with van der Waals surface area (Å²) in [6, 6.07) is 8.16. The molecule has 2 rings (SSSR count). The lowest BCUT2D eigenvalue weighted by molar-refractivity contribution is 0.737. The third kappa shape index (κ3) is 1.31.